The van der Waals surface area contributed by atoms with Crippen molar-refractivity contribution >= 4 is 50.9 Å². The number of carbonyl (C=O) groups is 1. The van der Waals surface area contributed by atoms with E-state index in [1.807, 2.05) is 0 Å². The average molecular weight is 573 g/mol. The highest BCUT2D eigenvalue weighted by Crippen LogP contribution is 2.29. The monoisotopic (exact) mass is 572 g/mol. The number of para-hydroxylation sites is 1. The fourth-order valence-corrected chi connectivity index (χ4v) is 5.05. The average Bonchev–Trinajstić information content (AvgIpc) is 3.17. The molecular weight excluding hydrogens is 555 g/mol. The molecule has 0 aliphatic rings. The fourth-order valence-electron chi connectivity index (χ4n) is 3.48. The van der Waals surface area contributed by atoms with Crippen molar-refractivity contribution in [2.75, 3.05) is 10.1 Å². The Hall–Kier alpha value is -4.82. The van der Waals surface area contributed by atoms with Crippen molar-refractivity contribution in [3.63, 3.8) is 0 Å². The first kappa shape index (κ1) is 27.2. The SMILES string of the molecule is Cc1nn(-c2ccc(F)cc2)c(Cl)c1/C=N\Nc1ccc([N+](=O)[O-])cc1S(=O)(=O)Nc1ccccc1C(=O)O. The van der Waals surface area contributed by atoms with Gasteiger partial charge in [0.1, 0.15) is 15.9 Å². The molecule has 0 saturated heterocycles. The molecule has 3 aromatic carbocycles. The molecule has 200 valence electrons. The minimum absolute atomic E-state index is 0.142. The van der Waals surface area contributed by atoms with Gasteiger partial charge in [0.15, 0.2) is 0 Å². The standard InChI is InChI=1S/C24H18ClFN6O6S/c1-14-19(23(25)31(29-14)16-8-6-15(26)7-9-16)13-27-28-21-11-10-17(32(35)36)12-22(21)39(37,38)30-20-5-3-2-4-18(20)24(33)34/h2-13,28,30H,1H3,(H,33,34)/b27-13-. The van der Waals surface area contributed by atoms with Crippen molar-refractivity contribution in [1.82, 2.24) is 9.78 Å². The number of halogens is 2. The van der Waals surface area contributed by atoms with E-state index in [4.69, 9.17) is 11.6 Å². The first-order valence-electron chi connectivity index (χ1n) is 10.9. The van der Waals surface area contributed by atoms with Gasteiger partial charge in [-0.1, -0.05) is 23.7 Å². The molecule has 1 heterocycles. The van der Waals surface area contributed by atoms with Gasteiger partial charge in [-0.3, -0.25) is 20.3 Å². The summed E-state index contributed by atoms with van der Waals surface area (Å²) in [6, 6.07) is 13.8. The summed E-state index contributed by atoms with van der Waals surface area (Å²) in [6.45, 7) is 1.65. The maximum Gasteiger partial charge on any atom is 0.337 e. The number of benzene rings is 3. The Kier molecular flexibility index (Phi) is 7.60. The number of aromatic carboxylic acids is 1. The summed E-state index contributed by atoms with van der Waals surface area (Å²) in [5.41, 5.74) is 2.64. The predicted octanol–water partition coefficient (Wildman–Crippen LogP) is 4.83. The molecule has 0 spiro atoms. The van der Waals surface area contributed by atoms with Crippen LogP contribution in [0.5, 0.6) is 0 Å². The van der Waals surface area contributed by atoms with Gasteiger partial charge in [0.25, 0.3) is 15.7 Å². The number of rotatable bonds is 9. The molecule has 4 aromatic rings. The number of hydrogen-bond donors (Lipinski definition) is 3. The molecule has 0 amide bonds. The van der Waals surface area contributed by atoms with Crippen molar-refractivity contribution in [3.05, 3.63) is 105 Å². The van der Waals surface area contributed by atoms with Gasteiger partial charge in [-0.05, 0) is 49.4 Å². The fraction of sp³-hybridized carbons (Fsp3) is 0.0417. The third kappa shape index (κ3) is 5.86. The van der Waals surface area contributed by atoms with E-state index in [-0.39, 0.29) is 22.1 Å². The lowest BCUT2D eigenvalue weighted by Crippen LogP contribution is -2.17. The van der Waals surface area contributed by atoms with Crippen molar-refractivity contribution < 1.29 is 27.6 Å². The zero-order valence-corrected chi connectivity index (χ0v) is 21.4. The first-order chi connectivity index (χ1) is 18.5. The van der Waals surface area contributed by atoms with Crippen LogP contribution in [0.2, 0.25) is 5.15 Å². The van der Waals surface area contributed by atoms with Gasteiger partial charge in [0.05, 0.1) is 45.0 Å². The summed E-state index contributed by atoms with van der Waals surface area (Å²) in [4.78, 5) is 21.5. The molecule has 0 fully saturated rings. The van der Waals surface area contributed by atoms with Crippen LogP contribution in [0.4, 0.5) is 21.5 Å². The highest BCUT2D eigenvalue weighted by atomic mass is 35.5. The number of nitro groups is 1. The lowest BCUT2D eigenvalue weighted by Gasteiger charge is -2.13. The summed E-state index contributed by atoms with van der Waals surface area (Å²) in [6.07, 6.45) is 1.27. The van der Waals surface area contributed by atoms with E-state index in [0.29, 0.717) is 16.9 Å². The topological polar surface area (TPSA) is 169 Å². The Morgan fingerprint density at radius 1 is 1.15 bits per heavy atom. The van der Waals surface area contributed by atoms with Crippen LogP contribution in [-0.4, -0.2) is 40.4 Å². The molecule has 0 saturated carbocycles. The second-order valence-corrected chi connectivity index (χ2v) is 9.95. The molecule has 0 unspecified atom stereocenters. The van der Waals surface area contributed by atoms with Crippen LogP contribution in [-0.2, 0) is 10.0 Å². The van der Waals surface area contributed by atoms with E-state index >= 15 is 0 Å². The second-order valence-electron chi connectivity index (χ2n) is 7.94. The molecule has 39 heavy (non-hydrogen) atoms. The lowest BCUT2D eigenvalue weighted by atomic mass is 10.2. The number of non-ortho nitro benzene ring substituents is 1. The number of anilines is 2. The van der Waals surface area contributed by atoms with Crippen LogP contribution in [0.15, 0.2) is 76.7 Å². The molecule has 1 aromatic heterocycles. The smallest absolute Gasteiger partial charge is 0.337 e. The summed E-state index contributed by atoms with van der Waals surface area (Å²) in [7, 11) is -4.53. The molecule has 0 atom stereocenters. The molecular formula is C24H18ClFN6O6S. The summed E-state index contributed by atoms with van der Waals surface area (Å²) >= 11 is 6.43. The predicted molar refractivity (Wildman–Crippen MR) is 142 cm³/mol. The number of aryl methyl sites for hydroxylation is 1. The van der Waals surface area contributed by atoms with E-state index < -0.39 is 37.3 Å². The van der Waals surface area contributed by atoms with E-state index in [9.17, 15) is 32.8 Å². The molecule has 0 bridgehead atoms. The third-order valence-corrected chi connectivity index (χ3v) is 7.13. The quantitative estimate of drug-likeness (QED) is 0.145. The number of carboxylic acids is 1. The van der Waals surface area contributed by atoms with Gasteiger partial charge < -0.3 is 5.11 Å². The third-order valence-electron chi connectivity index (χ3n) is 5.37. The van der Waals surface area contributed by atoms with Crippen molar-refractivity contribution in [2.45, 2.75) is 11.8 Å². The number of nitrogens with zero attached hydrogens (tertiary/aromatic N) is 4. The number of nitrogens with one attached hydrogen (secondary N) is 2. The molecule has 15 heteroatoms. The Morgan fingerprint density at radius 3 is 2.51 bits per heavy atom. The van der Waals surface area contributed by atoms with E-state index in [0.717, 1.165) is 18.2 Å². The van der Waals surface area contributed by atoms with Gasteiger partial charge in [-0.25, -0.2) is 22.3 Å². The number of sulfonamides is 1. The van der Waals surface area contributed by atoms with E-state index in [1.165, 1.54) is 59.4 Å². The highest BCUT2D eigenvalue weighted by molar-refractivity contribution is 7.93. The van der Waals surface area contributed by atoms with Gasteiger partial charge in [-0.2, -0.15) is 10.2 Å². The normalized spacial score (nSPS) is 11.5. The van der Waals surface area contributed by atoms with E-state index in [2.05, 4.69) is 20.3 Å². The number of hydrogen-bond acceptors (Lipinski definition) is 8. The summed E-state index contributed by atoms with van der Waals surface area (Å²) in [5, 5.41) is 29.2. The van der Waals surface area contributed by atoms with Crippen LogP contribution in [0.1, 0.15) is 21.6 Å². The van der Waals surface area contributed by atoms with Gasteiger partial charge in [0.2, 0.25) is 0 Å². The zero-order chi connectivity index (χ0) is 28.3. The molecule has 0 aliphatic carbocycles. The van der Waals surface area contributed by atoms with Gasteiger partial charge in [0, 0.05) is 12.1 Å². The maximum absolute atomic E-state index is 13.3. The summed E-state index contributed by atoms with van der Waals surface area (Å²) in [5.74, 6) is -1.80. The molecule has 4 rings (SSSR count). The highest BCUT2D eigenvalue weighted by Gasteiger charge is 2.24. The van der Waals surface area contributed by atoms with Crippen molar-refractivity contribution in [2.24, 2.45) is 5.10 Å². The minimum atomic E-state index is -4.53. The number of hydrazone groups is 1. The Morgan fingerprint density at radius 2 is 1.85 bits per heavy atom. The molecule has 12 nitrogen and oxygen atoms in total. The Balaban J connectivity index is 1.67. The minimum Gasteiger partial charge on any atom is -0.478 e. The van der Waals surface area contributed by atoms with Crippen LogP contribution in [0.25, 0.3) is 5.69 Å². The van der Waals surface area contributed by atoms with Crippen molar-refractivity contribution in [3.8, 4) is 5.69 Å². The van der Waals surface area contributed by atoms with Gasteiger partial charge in [-0.15, -0.1) is 0 Å². The maximum atomic E-state index is 13.3. The zero-order valence-electron chi connectivity index (χ0n) is 19.9. The van der Waals surface area contributed by atoms with Crippen molar-refractivity contribution in [1.29, 1.82) is 0 Å². The Labute approximate surface area is 225 Å². The number of aromatic nitrogens is 2. The van der Waals surface area contributed by atoms with Crippen LogP contribution in [0.3, 0.4) is 0 Å². The largest absolute Gasteiger partial charge is 0.478 e. The Bertz CT molecular complexity index is 1720. The van der Waals surface area contributed by atoms with Crippen LogP contribution < -0.4 is 10.1 Å². The van der Waals surface area contributed by atoms with E-state index in [1.54, 1.807) is 6.92 Å². The first-order valence-corrected chi connectivity index (χ1v) is 12.8. The van der Waals surface area contributed by atoms with Gasteiger partial charge >= 0.3 is 5.97 Å². The molecule has 0 radical (unpaired) electrons. The van der Waals surface area contributed by atoms with Crippen LogP contribution >= 0.6 is 11.6 Å². The second kappa shape index (κ2) is 10.9. The number of nitro benzene ring substituents is 1. The molecule has 0 aliphatic heterocycles. The summed E-state index contributed by atoms with van der Waals surface area (Å²) < 4.78 is 43.2. The van der Waals surface area contributed by atoms with Crippen LogP contribution in [0, 0.1) is 22.9 Å². The molecule has 3 N–H and O–H groups in total. The number of carboxylic acid groups (broad SMARTS) is 1. The lowest BCUT2D eigenvalue weighted by molar-refractivity contribution is -0.385.